The van der Waals surface area contributed by atoms with Crippen molar-refractivity contribution in [1.29, 1.82) is 0 Å². The molecule has 6 rings (SSSR count). The summed E-state index contributed by atoms with van der Waals surface area (Å²) < 4.78 is 22.5. The van der Waals surface area contributed by atoms with Crippen LogP contribution in [0.1, 0.15) is 18.0 Å². The number of hydroxylamine groups is 1. The number of carbonyl (C=O) groups is 1. The lowest BCUT2D eigenvalue weighted by atomic mass is 10.00. The van der Waals surface area contributed by atoms with Gasteiger partial charge in [0.05, 0.1) is 42.5 Å². The fraction of sp³-hybridized carbons (Fsp3) is 0.265. The molecule has 1 atom stereocenters. The van der Waals surface area contributed by atoms with Crippen LogP contribution in [0, 0.1) is 5.82 Å². The highest BCUT2D eigenvalue weighted by Crippen LogP contribution is 2.40. The van der Waals surface area contributed by atoms with Crippen molar-refractivity contribution in [2.75, 3.05) is 68.5 Å². The molecule has 3 aromatic heterocycles. The molecule has 13 nitrogen and oxygen atoms in total. The van der Waals surface area contributed by atoms with E-state index in [1.54, 1.807) is 28.8 Å². The van der Waals surface area contributed by atoms with Gasteiger partial charge < -0.3 is 25.2 Å². The maximum Gasteiger partial charge on any atom is 0.247 e. The molecule has 1 aliphatic heterocycles. The largest absolute Gasteiger partial charge is 0.494 e. The van der Waals surface area contributed by atoms with Crippen molar-refractivity contribution >= 4 is 40.3 Å². The quantitative estimate of drug-likeness (QED) is 0.175. The molecule has 0 radical (unpaired) electrons. The second-order valence-corrected chi connectivity index (χ2v) is 11.6. The predicted molar refractivity (Wildman–Crippen MR) is 183 cm³/mol. The summed E-state index contributed by atoms with van der Waals surface area (Å²) in [5.41, 5.74) is 4.71. The molecule has 0 saturated carbocycles. The Kier molecular flexibility index (Phi) is 9.45. The topological polar surface area (TPSA) is 125 Å². The van der Waals surface area contributed by atoms with Crippen molar-refractivity contribution in [3.63, 3.8) is 0 Å². The van der Waals surface area contributed by atoms with Crippen LogP contribution < -0.4 is 25.3 Å². The van der Waals surface area contributed by atoms with Gasteiger partial charge in [-0.3, -0.25) is 9.63 Å². The van der Waals surface area contributed by atoms with E-state index in [2.05, 4.69) is 42.2 Å². The zero-order chi connectivity index (χ0) is 33.8. The number of hydrogen-bond donors (Lipinski definition) is 2. The standard InChI is InChI=1S/C34H37FN10O3/c1-6-34(46)41-25-17-26(30(47-5)18-29(25)43(4)12-11-42(2)3)40-31-19-33(37-20-36-31)45-28(10-13-48-45)23-14-22(15-24(35)16-23)27-8-7-9-32-38-21-39-44(27)32/h6-9,14-21,28H,1,10-13H2,2-5H3,(H,41,46)(H,36,37,40). The summed E-state index contributed by atoms with van der Waals surface area (Å²) >= 11 is 0. The number of halogens is 1. The molecule has 14 heteroatoms. The van der Waals surface area contributed by atoms with Crippen molar-refractivity contribution in [3.8, 4) is 17.0 Å². The van der Waals surface area contributed by atoms with Crippen molar-refractivity contribution in [1.82, 2.24) is 29.5 Å². The molecule has 1 amide bonds. The summed E-state index contributed by atoms with van der Waals surface area (Å²) in [6.07, 6.45) is 4.74. The highest BCUT2D eigenvalue weighted by molar-refractivity contribution is 6.02. The van der Waals surface area contributed by atoms with Crippen LogP contribution in [0.25, 0.3) is 16.9 Å². The number of fused-ring (bicyclic) bond motifs is 1. The van der Waals surface area contributed by atoms with Crippen LogP contribution in [0.4, 0.5) is 33.1 Å². The number of anilines is 5. The van der Waals surface area contributed by atoms with Crippen LogP contribution in [-0.2, 0) is 9.63 Å². The van der Waals surface area contributed by atoms with E-state index in [0.717, 1.165) is 30.0 Å². The number of nitrogens with one attached hydrogen (secondary N) is 2. The summed E-state index contributed by atoms with van der Waals surface area (Å²) in [7, 11) is 7.54. The van der Waals surface area contributed by atoms with Gasteiger partial charge in [-0.2, -0.15) is 5.10 Å². The third-order valence-corrected chi connectivity index (χ3v) is 8.00. The van der Waals surface area contributed by atoms with Gasteiger partial charge in [-0.05, 0) is 62.1 Å². The first-order chi connectivity index (χ1) is 23.2. The lowest BCUT2D eigenvalue weighted by molar-refractivity contribution is -0.111. The summed E-state index contributed by atoms with van der Waals surface area (Å²) in [6.45, 7) is 5.54. The molecule has 0 spiro atoms. The van der Waals surface area contributed by atoms with E-state index in [1.807, 2.05) is 56.4 Å². The number of aromatic nitrogens is 5. The number of hydrogen-bond acceptors (Lipinski definition) is 11. The number of carbonyl (C=O) groups excluding carboxylic acids is 1. The Morgan fingerprint density at radius 2 is 1.94 bits per heavy atom. The van der Waals surface area contributed by atoms with Gasteiger partial charge >= 0.3 is 0 Å². The predicted octanol–water partition coefficient (Wildman–Crippen LogP) is 5.08. The molecule has 4 heterocycles. The second-order valence-electron chi connectivity index (χ2n) is 11.6. The minimum atomic E-state index is -0.376. The number of ether oxygens (including phenoxy) is 1. The maximum absolute atomic E-state index is 15.1. The molecule has 248 valence electrons. The molecule has 1 unspecified atom stereocenters. The van der Waals surface area contributed by atoms with Crippen LogP contribution in [0.5, 0.6) is 5.75 Å². The lowest BCUT2D eigenvalue weighted by Gasteiger charge is -2.26. The molecule has 1 fully saturated rings. The Bertz CT molecular complexity index is 1950. The highest BCUT2D eigenvalue weighted by atomic mass is 19.1. The smallest absolute Gasteiger partial charge is 0.247 e. The van der Waals surface area contributed by atoms with Crippen molar-refractivity contribution in [3.05, 3.63) is 91.3 Å². The number of pyridine rings is 1. The zero-order valence-electron chi connectivity index (χ0n) is 27.2. The molecule has 0 bridgehead atoms. The summed E-state index contributed by atoms with van der Waals surface area (Å²) in [5, 5.41) is 12.2. The van der Waals surface area contributed by atoms with E-state index >= 15 is 4.39 Å². The van der Waals surface area contributed by atoms with Gasteiger partial charge in [0.1, 0.15) is 30.0 Å². The third kappa shape index (κ3) is 6.89. The molecule has 2 aromatic carbocycles. The Labute approximate surface area is 277 Å². The Morgan fingerprint density at radius 3 is 2.73 bits per heavy atom. The van der Waals surface area contributed by atoms with Crippen LogP contribution in [0.15, 0.2) is 79.9 Å². The molecular weight excluding hydrogens is 615 g/mol. The minimum Gasteiger partial charge on any atom is -0.494 e. The molecule has 1 aliphatic rings. The van der Waals surface area contributed by atoms with E-state index in [0.29, 0.717) is 53.0 Å². The average Bonchev–Trinajstić information content (AvgIpc) is 3.78. The van der Waals surface area contributed by atoms with Gasteiger partial charge in [0.2, 0.25) is 5.91 Å². The summed E-state index contributed by atoms with van der Waals surface area (Å²) in [6, 6.07) is 15.6. The zero-order valence-corrected chi connectivity index (χ0v) is 27.2. The first-order valence-corrected chi connectivity index (χ1v) is 15.4. The molecular formula is C34H37FN10O3. The normalized spacial score (nSPS) is 14.4. The van der Waals surface area contributed by atoms with Gasteiger partial charge in [-0.1, -0.05) is 12.6 Å². The van der Waals surface area contributed by atoms with E-state index in [1.165, 1.54) is 30.9 Å². The first kappa shape index (κ1) is 32.3. The number of benzene rings is 2. The van der Waals surface area contributed by atoms with E-state index < -0.39 is 0 Å². The lowest BCUT2D eigenvalue weighted by Crippen LogP contribution is -2.29. The van der Waals surface area contributed by atoms with Gasteiger partial charge in [-0.15, -0.1) is 0 Å². The van der Waals surface area contributed by atoms with E-state index in [4.69, 9.17) is 9.57 Å². The number of nitrogens with zero attached hydrogens (tertiary/aromatic N) is 8. The monoisotopic (exact) mass is 652 g/mol. The number of rotatable bonds is 12. The third-order valence-electron chi connectivity index (χ3n) is 8.00. The molecule has 48 heavy (non-hydrogen) atoms. The van der Waals surface area contributed by atoms with Gasteiger partial charge in [-0.25, -0.2) is 28.9 Å². The Hall–Kier alpha value is -5.60. The fourth-order valence-electron chi connectivity index (χ4n) is 5.59. The van der Waals surface area contributed by atoms with Crippen molar-refractivity contribution in [2.24, 2.45) is 0 Å². The highest BCUT2D eigenvalue weighted by Gasteiger charge is 2.30. The van der Waals surface area contributed by atoms with E-state index in [9.17, 15) is 4.79 Å². The Balaban J connectivity index is 1.29. The number of amides is 1. The van der Waals surface area contributed by atoms with Crippen LogP contribution >= 0.6 is 0 Å². The number of methoxy groups -OCH3 is 1. The summed E-state index contributed by atoms with van der Waals surface area (Å²) in [5.74, 6) is 0.772. The van der Waals surface area contributed by atoms with Gasteiger partial charge in [0.25, 0.3) is 0 Å². The minimum absolute atomic E-state index is 0.315. The second kappa shape index (κ2) is 14.0. The molecule has 1 saturated heterocycles. The maximum atomic E-state index is 15.1. The average molecular weight is 653 g/mol. The van der Waals surface area contributed by atoms with E-state index in [-0.39, 0.29) is 17.8 Å². The number of likely N-dealkylation sites (N-methyl/N-ethyl adjacent to an activating group) is 2. The van der Waals surface area contributed by atoms with Crippen LogP contribution in [-0.4, -0.2) is 83.3 Å². The van der Waals surface area contributed by atoms with Crippen LogP contribution in [0.3, 0.4) is 0 Å². The molecule has 0 aliphatic carbocycles. The van der Waals surface area contributed by atoms with Gasteiger partial charge in [0, 0.05) is 44.3 Å². The molecule has 5 aromatic rings. The van der Waals surface area contributed by atoms with Crippen molar-refractivity contribution in [2.45, 2.75) is 12.5 Å². The summed E-state index contributed by atoms with van der Waals surface area (Å²) in [4.78, 5) is 35.7. The molecule has 2 N–H and O–H groups in total. The van der Waals surface area contributed by atoms with Crippen molar-refractivity contribution < 1.29 is 18.8 Å². The van der Waals surface area contributed by atoms with Gasteiger partial charge in [0.15, 0.2) is 11.5 Å². The first-order valence-electron chi connectivity index (χ1n) is 15.4. The van der Waals surface area contributed by atoms with Crippen LogP contribution in [0.2, 0.25) is 0 Å². The fourth-order valence-corrected chi connectivity index (χ4v) is 5.59. The SMILES string of the molecule is C=CC(=O)Nc1cc(Nc2cc(N3OCCC3c3cc(F)cc(-c4cccc5ncnn45)c3)ncn2)c(OC)cc1N(C)CCN(C)C. The Morgan fingerprint density at radius 1 is 1.08 bits per heavy atom.